The van der Waals surface area contributed by atoms with Crippen molar-refractivity contribution < 1.29 is 0 Å². The van der Waals surface area contributed by atoms with E-state index in [9.17, 15) is 0 Å². The lowest BCUT2D eigenvalue weighted by molar-refractivity contribution is 0.132. The summed E-state index contributed by atoms with van der Waals surface area (Å²) in [5.41, 5.74) is 2.78. The minimum atomic E-state index is 0.269. The van der Waals surface area contributed by atoms with Crippen LogP contribution in [0.25, 0.3) is 10.9 Å². The van der Waals surface area contributed by atoms with Crippen LogP contribution in [0, 0.1) is 11.8 Å². The minimum absolute atomic E-state index is 0.269. The van der Waals surface area contributed by atoms with Gasteiger partial charge >= 0.3 is 0 Å². The van der Waals surface area contributed by atoms with E-state index >= 15 is 0 Å². The standard InChI is InChI=1S/C18H23N3/c1-18(2)16-10-19-9-15(16)12-21(18)11-14-6-3-5-13-7-4-8-20-17(13)14/h3-8,15-16,19H,9-12H2,1-2H3. The van der Waals surface area contributed by atoms with Gasteiger partial charge in [0.2, 0.25) is 0 Å². The van der Waals surface area contributed by atoms with Gasteiger partial charge in [0.15, 0.2) is 0 Å². The molecular weight excluding hydrogens is 258 g/mol. The van der Waals surface area contributed by atoms with E-state index in [1.807, 2.05) is 12.3 Å². The van der Waals surface area contributed by atoms with Crippen LogP contribution in [0.4, 0.5) is 0 Å². The van der Waals surface area contributed by atoms with Crippen molar-refractivity contribution in [2.45, 2.75) is 25.9 Å². The third-order valence-electron chi connectivity index (χ3n) is 5.59. The second-order valence-electron chi connectivity index (χ2n) is 7.05. The van der Waals surface area contributed by atoms with Crippen LogP contribution in [0.1, 0.15) is 19.4 Å². The number of fused-ring (bicyclic) bond motifs is 2. The van der Waals surface area contributed by atoms with Crippen molar-refractivity contribution in [3.05, 3.63) is 42.1 Å². The number of pyridine rings is 1. The highest BCUT2D eigenvalue weighted by Crippen LogP contribution is 2.41. The van der Waals surface area contributed by atoms with Crippen LogP contribution in [0.2, 0.25) is 0 Å². The summed E-state index contributed by atoms with van der Waals surface area (Å²) in [5.74, 6) is 1.59. The van der Waals surface area contributed by atoms with E-state index in [0.29, 0.717) is 0 Å². The molecular formula is C18H23N3. The Kier molecular flexibility index (Phi) is 3.02. The summed E-state index contributed by atoms with van der Waals surface area (Å²) in [5, 5.41) is 4.80. The van der Waals surface area contributed by atoms with Crippen molar-refractivity contribution >= 4 is 10.9 Å². The molecule has 0 spiro atoms. The Balaban J connectivity index is 1.66. The molecule has 110 valence electrons. The predicted octanol–water partition coefficient (Wildman–Crippen LogP) is 2.66. The van der Waals surface area contributed by atoms with Crippen LogP contribution in [-0.2, 0) is 6.54 Å². The van der Waals surface area contributed by atoms with Gasteiger partial charge in [-0.3, -0.25) is 9.88 Å². The quantitative estimate of drug-likeness (QED) is 0.917. The molecule has 2 aliphatic heterocycles. The van der Waals surface area contributed by atoms with Gasteiger partial charge in [0.05, 0.1) is 5.52 Å². The average molecular weight is 281 g/mol. The van der Waals surface area contributed by atoms with Gasteiger partial charge in [-0.1, -0.05) is 24.3 Å². The summed E-state index contributed by atoms with van der Waals surface area (Å²) in [7, 11) is 0. The molecule has 1 aromatic heterocycles. The highest BCUT2D eigenvalue weighted by Gasteiger charge is 2.49. The van der Waals surface area contributed by atoms with E-state index < -0.39 is 0 Å². The number of nitrogens with one attached hydrogen (secondary N) is 1. The molecule has 2 fully saturated rings. The van der Waals surface area contributed by atoms with Gasteiger partial charge in [-0.2, -0.15) is 0 Å². The van der Waals surface area contributed by atoms with Gasteiger partial charge in [0, 0.05) is 36.8 Å². The van der Waals surface area contributed by atoms with E-state index in [0.717, 1.165) is 23.9 Å². The van der Waals surface area contributed by atoms with E-state index in [1.54, 1.807) is 0 Å². The van der Waals surface area contributed by atoms with Crippen LogP contribution in [0.15, 0.2) is 36.5 Å². The Hall–Kier alpha value is -1.45. The zero-order chi connectivity index (χ0) is 14.4. The molecule has 1 N–H and O–H groups in total. The molecule has 2 unspecified atom stereocenters. The fourth-order valence-corrected chi connectivity index (χ4v) is 4.27. The Morgan fingerprint density at radius 1 is 1.24 bits per heavy atom. The van der Waals surface area contributed by atoms with Gasteiger partial charge in [0.1, 0.15) is 0 Å². The van der Waals surface area contributed by atoms with E-state index in [1.165, 1.54) is 30.6 Å². The van der Waals surface area contributed by atoms with Crippen molar-refractivity contribution in [3.8, 4) is 0 Å². The first-order valence-electron chi connectivity index (χ1n) is 7.94. The monoisotopic (exact) mass is 281 g/mol. The van der Waals surface area contributed by atoms with Gasteiger partial charge in [0.25, 0.3) is 0 Å². The number of rotatable bonds is 2. The zero-order valence-electron chi connectivity index (χ0n) is 12.8. The maximum Gasteiger partial charge on any atom is 0.0746 e. The molecule has 0 saturated carbocycles. The van der Waals surface area contributed by atoms with Crippen molar-refractivity contribution in [1.82, 2.24) is 15.2 Å². The Labute approximate surface area is 126 Å². The second-order valence-corrected chi connectivity index (χ2v) is 7.05. The van der Waals surface area contributed by atoms with Crippen molar-refractivity contribution in [2.75, 3.05) is 19.6 Å². The highest BCUT2D eigenvalue weighted by molar-refractivity contribution is 5.81. The average Bonchev–Trinajstić information content (AvgIpc) is 3.03. The van der Waals surface area contributed by atoms with Crippen LogP contribution in [0.3, 0.4) is 0 Å². The van der Waals surface area contributed by atoms with E-state index in [2.05, 4.69) is 53.3 Å². The lowest BCUT2D eigenvalue weighted by Crippen LogP contribution is -2.43. The summed E-state index contributed by atoms with van der Waals surface area (Å²) in [6, 6.07) is 10.7. The largest absolute Gasteiger partial charge is 0.316 e. The van der Waals surface area contributed by atoms with Gasteiger partial charge in [-0.15, -0.1) is 0 Å². The Morgan fingerprint density at radius 2 is 2.10 bits per heavy atom. The lowest BCUT2D eigenvalue weighted by Gasteiger charge is -2.35. The zero-order valence-corrected chi connectivity index (χ0v) is 12.8. The summed E-state index contributed by atoms with van der Waals surface area (Å²) in [6.45, 7) is 9.37. The third-order valence-corrected chi connectivity index (χ3v) is 5.59. The Morgan fingerprint density at radius 3 is 2.95 bits per heavy atom. The second kappa shape index (κ2) is 4.79. The minimum Gasteiger partial charge on any atom is -0.316 e. The Bertz CT molecular complexity index is 659. The summed E-state index contributed by atoms with van der Waals surface area (Å²) in [6.07, 6.45) is 1.90. The summed E-state index contributed by atoms with van der Waals surface area (Å²) in [4.78, 5) is 7.26. The van der Waals surface area contributed by atoms with Gasteiger partial charge in [-0.25, -0.2) is 0 Å². The molecule has 4 rings (SSSR count). The number of likely N-dealkylation sites (tertiary alicyclic amines) is 1. The van der Waals surface area contributed by atoms with Gasteiger partial charge in [-0.05, 0) is 43.9 Å². The fraction of sp³-hybridized carbons (Fsp3) is 0.500. The third kappa shape index (κ3) is 2.07. The molecule has 0 radical (unpaired) electrons. The number of aromatic nitrogens is 1. The number of hydrogen-bond donors (Lipinski definition) is 1. The maximum absolute atomic E-state index is 4.60. The molecule has 3 heterocycles. The highest BCUT2D eigenvalue weighted by atomic mass is 15.2. The van der Waals surface area contributed by atoms with Crippen LogP contribution in [-0.4, -0.2) is 35.1 Å². The van der Waals surface area contributed by atoms with Crippen molar-refractivity contribution in [3.63, 3.8) is 0 Å². The maximum atomic E-state index is 4.60. The molecule has 2 saturated heterocycles. The SMILES string of the molecule is CC1(C)C2CNCC2CN1Cc1cccc2cccnc12. The lowest BCUT2D eigenvalue weighted by atomic mass is 9.85. The molecule has 21 heavy (non-hydrogen) atoms. The number of hydrogen-bond acceptors (Lipinski definition) is 3. The first kappa shape index (κ1) is 13.2. The van der Waals surface area contributed by atoms with Crippen molar-refractivity contribution in [2.24, 2.45) is 11.8 Å². The summed E-state index contributed by atoms with van der Waals surface area (Å²) >= 11 is 0. The van der Waals surface area contributed by atoms with Crippen LogP contribution < -0.4 is 5.32 Å². The van der Waals surface area contributed by atoms with E-state index in [-0.39, 0.29) is 5.54 Å². The van der Waals surface area contributed by atoms with Crippen molar-refractivity contribution in [1.29, 1.82) is 0 Å². The topological polar surface area (TPSA) is 28.2 Å². The summed E-state index contributed by atoms with van der Waals surface area (Å²) < 4.78 is 0. The fourth-order valence-electron chi connectivity index (χ4n) is 4.27. The number of nitrogens with zero attached hydrogens (tertiary/aromatic N) is 2. The predicted molar refractivity (Wildman–Crippen MR) is 86.1 cm³/mol. The molecule has 1 aromatic carbocycles. The van der Waals surface area contributed by atoms with Crippen LogP contribution in [0.5, 0.6) is 0 Å². The van der Waals surface area contributed by atoms with Crippen LogP contribution >= 0.6 is 0 Å². The molecule has 3 heteroatoms. The smallest absolute Gasteiger partial charge is 0.0746 e. The molecule has 3 nitrogen and oxygen atoms in total. The first-order valence-corrected chi connectivity index (χ1v) is 7.94. The molecule has 2 aliphatic rings. The molecule has 0 bridgehead atoms. The number of benzene rings is 1. The number of para-hydroxylation sites is 1. The molecule has 2 atom stereocenters. The molecule has 0 amide bonds. The first-order chi connectivity index (χ1) is 10.2. The molecule has 2 aromatic rings. The normalized spacial score (nSPS) is 28.1. The molecule has 0 aliphatic carbocycles. The van der Waals surface area contributed by atoms with E-state index in [4.69, 9.17) is 0 Å². The van der Waals surface area contributed by atoms with Gasteiger partial charge < -0.3 is 5.32 Å².